The summed E-state index contributed by atoms with van der Waals surface area (Å²) in [5.41, 5.74) is 2.26. The van der Waals surface area contributed by atoms with Crippen LogP contribution in [-0.4, -0.2) is 62.1 Å². The fraction of sp³-hybridized carbons (Fsp3) is 0.455. The summed E-state index contributed by atoms with van der Waals surface area (Å²) in [6.07, 6.45) is 2.53. The van der Waals surface area contributed by atoms with Gasteiger partial charge in [-0.05, 0) is 30.0 Å². The van der Waals surface area contributed by atoms with Gasteiger partial charge in [-0.2, -0.15) is 0 Å². The first kappa shape index (κ1) is 19.9. The van der Waals surface area contributed by atoms with Gasteiger partial charge in [0.1, 0.15) is 0 Å². The largest absolute Gasteiger partial charge is 0.370 e. The number of likely N-dealkylation sites (tertiary alicyclic amines) is 1. The van der Waals surface area contributed by atoms with Crippen molar-refractivity contribution in [3.05, 3.63) is 46.8 Å². The van der Waals surface area contributed by atoms with E-state index >= 15 is 0 Å². The second kappa shape index (κ2) is 8.16. The van der Waals surface area contributed by atoms with Crippen molar-refractivity contribution >= 4 is 23.3 Å². The molecule has 1 fully saturated rings. The van der Waals surface area contributed by atoms with Gasteiger partial charge in [-0.25, -0.2) is 4.79 Å². The Kier molecular flexibility index (Phi) is 5.61. The van der Waals surface area contributed by atoms with Crippen LogP contribution in [0.3, 0.4) is 0 Å². The summed E-state index contributed by atoms with van der Waals surface area (Å²) >= 11 is 1.86. The second-order valence-corrected chi connectivity index (χ2v) is 8.98. The maximum atomic E-state index is 12.5. The maximum absolute atomic E-state index is 12.5. The van der Waals surface area contributed by atoms with Gasteiger partial charge in [0.05, 0.1) is 18.8 Å². The Morgan fingerprint density at radius 1 is 1.21 bits per heavy atom. The third-order valence-electron chi connectivity index (χ3n) is 5.79. The van der Waals surface area contributed by atoms with Crippen LogP contribution in [-0.2, 0) is 21.6 Å². The number of urea groups is 1. The number of fused-ring (bicyclic) bond motifs is 2. The number of carbonyl (C=O) groups is 2. The molecule has 0 radical (unpaired) electrons. The Labute approximate surface area is 175 Å². The van der Waals surface area contributed by atoms with Crippen LogP contribution in [0.25, 0.3) is 10.4 Å². The summed E-state index contributed by atoms with van der Waals surface area (Å²) in [6.45, 7) is 2.06. The van der Waals surface area contributed by atoms with Gasteiger partial charge in [-0.15, -0.1) is 11.3 Å². The average molecular weight is 414 g/mol. The normalized spacial score (nSPS) is 17.7. The van der Waals surface area contributed by atoms with Gasteiger partial charge in [0.25, 0.3) is 0 Å². The number of hydrogen-bond acceptors (Lipinski definition) is 4. The summed E-state index contributed by atoms with van der Waals surface area (Å²) in [7, 11) is 3.32. The molecular formula is C22H27N3O3S. The van der Waals surface area contributed by atoms with Crippen molar-refractivity contribution in [2.24, 2.45) is 0 Å². The van der Waals surface area contributed by atoms with Gasteiger partial charge < -0.3 is 19.9 Å². The summed E-state index contributed by atoms with van der Waals surface area (Å²) in [5.74, 6) is -0.0404. The van der Waals surface area contributed by atoms with Crippen LogP contribution < -0.4 is 5.32 Å². The topological polar surface area (TPSA) is 61.9 Å². The van der Waals surface area contributed by atoms with E-state index < -0.39 is 0 Å². The standard InChI is InChI=1S/C22H27N3O3S/c1-24(2)21(27)23-15-20(26)25-11-9-22(10-12-25)17-14-19(16-6-4-3-5-7-16)29-18(17)8-13-28-22/h3-7,14H,8-13,15H2,1-2H3,(H,23,27). The number of ether oxygens (including phenoxy) is 1. The lowest BCUT2D eigenvalue weighted by atomic mass is 9.82. The van der Waals surface area contributed by atoms with Crippen LogP contribution in [0.5, 0.6) is 0 Å². The van der Waals surface area contributed by atoms with Gasteiger partial charge in [-0.3, -0.25) is 4.79 Å². The van der Waals surface area contributed by atoms with Gasteiger partial charge in [0.15, 0.2) is 0 Å². The van der Waals surface area contributed by atoms with E-state index in [0.717, 1.165) is 25.9 Å². The Balaban J connectivity index is 1.45. The molecule has 1 N–H and O–H groups in total. The van der Waals surface area contributed by atoms with Crippen molar-refractivity contribution in [2.45, 2.75) is 24.9 Å². The van der Waals surface area contributed by atoms with Crippen molar-refractivity contribution in [2.75, 3.05) is 40.3 Å². The fourth-order valence-electron chi connectivity index (χ4n) is 4.11. The Bertz CT molecular complexity index is 886. The molecule has 1 aromatic carbocycles. The lowest BCUT2D eigenvalue weighted by Crippen LogP contribution is -2.50. The first-order chi connectivity index (χ1) is 14.0. The molecular weight excluding hydrogens is 386 g/mol. The summed E-state index contributed by atoms with van der Waals surface area (Å²) in [4.78, 5) is 30.1. The van der Waals surface area contributed by atoms with Crippen molar-refractivity contribution < 1.29 is 14.3 Å². The number of carbonyl (C=O) groups excluding carboxylic acids is 2. The molecule has 29 heavy (non-hydrogen) atoms. The molecule has 1 spiro atoms. The number of piperidine rings is 1. The summed E-state index contributed by atoms with van der Waals surface area (Å²) < 4.78 is 6.33. The smallest absolute Gasteiger partial charge is 0.317 e. The van der Waals surface area contributed by atoms with Crippen LogP contribution in [0, 0.1) is 0 Å². The number of nitrogens with zero attached hydrogens (tertiary/aromatic N) is 2. The molecule has 0 saturated carbocycles. The van der Waals surface area contributed by atoms with Gasteiger partial charge in [0.2, 0.25) is 5.91 Å². The van der Waals surface area contributed by atoms with E-state index in [-0.39, 0.29) is 24.1 Å². The van der Waals surface area contributed by atoms with Crippen molar-refractivity contribution in [1.29, 1.82) is 0 Å². The zero-order chi connectivity index (χ0) is 20.4. The predicted molar refractivity (Wildman–Crippen MR) is 114 cm³/mol. The van der Waals surface area contributed by atoms with Gasteiger partial charge >= 0.3 is 6.03 Å². The van der Waals surface area contributed by atoms with E-state index in [2.05, 4.69) is 35.6 Å². The molecule has 154 valence electrons. The highest BCUT2D eigenvalue weighted by molar-refractivity contribution is 7.15. The minimum Gasteiger partial charge on any atom is -0.370 e. The molecule has 1 saturated heterocycles. The molecule has 2 aliphatic heterocycles. The average Bonchev–Trinajstić information content (AvgIpc) is 3.19. The molecule has 0 atom stereocenters. The van der Waals surface area contributed by atoms with Crippen LogP contribution in [0.4, 0.5) is 4.79 Å². The van der Waals surface area contributed by atoms with Gasteiger partial charge in [0, 0.05) is 43.4 Å². The zero-order valence-electron chi connectivity index (χ0n) is 16.9. The number of rotatable bonds is 3. The first-order valence-electron chi connectivity index (χ1n) is 10.0. The zero-order valence-corrected chi connectivity index (χ0v) is 17.8. The molecule has 2 aromatic rings. The first-order valence-corrected chi connectivity index (χ1v) is 10.9. The second-order valence-electron chi connectivity index (χ2n) is 7.84. The van der Waals surface area contributed by atoms with Crippen LogP contribution in [0.2, 0.25) is 0 Å². The third-order valence-corrected chi connectivity index (χ3v) is 7.03. The molecule has 6 nitrogen and oxygen atoms in total. The lowest BCUT2D eigenvalue weighted by Gasteiger charge is -2.44. The van der Waals surface area contributed by atoms with E-state index in [4.69, 9.17) is 4.74 Å². The maximum Gasteiger partial charge on any atom is 0.317 e. The molecule has 1 aromatic heterocycles. The van der Waals surface area contributed by atoms with Crippen molar-refractivity contribution in [3.8, 4) is 10.4 Å². The number of amides is 3. The minimum absolute atomic E-state index is 0.0345. The van der Waals surface area contributed by atoms with Gasteiger partial charge in [-0.1, -0.05) is 30.3 Å². The Morgan fingerprint density at radius 3 is 2.62 bits per heavy atom. The number of hydrogen-bond donors (Lipinski definition) is 1. The highest BCUT2D eigenvalue weighted by atomic mass is 32.1. The van der Waals surface area contributed by atoms with Crippen molar-refractivity contribution in [3.63, 3.8) is 0 Å². The van der Waals surface area contributed by atoms with Crippen molar-refractivity contribution in [1.82, 2.24) is 15.1 Å². The lowest BCUT2D eigenvalue weighted by molar-refractivity contribution is -0.139. The molecule has 0 bridgehead atoms. The predicted octanol–water partition coefficient (Wildman–Crippen LogP) is 3.08. The highest BCUT2D eigenvalue weighted by Gasteiger charge is 2.42. The van der Waals surface area contributed by atoms with E-state index in [1.54, 1.807) is 14.1 Å². The van der Waals surface area contributed by atoms with E-state index in [0.29, 0.717) is 13.1 Å². The number of nitrogens with one attached hydrogen (secondary N) is 1. The molecule has 4 rings (SSSR count). The van der Waals surface area contributed by atoms with E-state index in [1.165, 1.54) is 25.8 Å². The molecule has 3 heterocycles. The third kappa shape index (κ3) is 4.02. The van der Waals surface area contributed by atoms with Crippen LogP contribution in [0.15, 0.2) is 36.4 Å². The quantitative estimate of drug-likeness (QED) is 0.841. The summed E-state index contributed by atoms with van der Waals surface area (Å²) in [5, 5.41) is 2.65. The Morgan fingerprint density at radius 2 is 1.93 bits per heavy atom. The number of benzene rings is 1. The summed E-state index contributed by atoms with van der Waals surface area (Å²) in [6, 6.07) is 12.5. The molecule has 3 amide bonds. The minimum atomic E-state index is -0.291. The molecule has 7 heteroatoms. The van der Waals surface area contributed by atoms with Crippen LogP contribution >= 0.6 is 11.3 Å². The van der Waals surface area contributed by atoms with E-state index in [1.807, 2.05) is 22.3 Å². The van der Waals surface area contributed by atoms with Crippen LogP contribution in [0.1, 0.15) is 23.3 Å². The number of thiophene rings is 1. The van der Waals surface area contributed by atoms with E-state index in [9.17, 15) is 9.59 Å². The highest BCUT2D eigenvalue weighted by Crippen LogP contribution is 2.46. The Hall–Kier alpha value is -2.38. The molecule has 0 unspecified atom stereocenters. The molecule has 0 aliphatic carbocycles. The fourth-order valence-corrected chi connectivity index (χ4v) is 5.35. The molecule has 2 aliphatic rings. The monoisotopic (exact) mass is 413 g/mol. The SMILES string of the molecule is CN(C)C(=O)NCC(=O)N1CCC2(CC1)OCCc1sc(-c3ccccc3)cc12.